The van der Waals surface area contributed by atoms with E-state index in [1.54, 1.807) is 6.07 Å². The largest absolute Gasteiger partial charge is 0.479 e. The van der Waals surface area contributed by atoms with Gasteiger partial charge in [0, 0.05) is 12.4 Å². The fraction of sp³-hybridized carbons (Fsp3) is 0.167. The summed E-state index contributed by atoms with van der Waals surface area (Å²) in [5.41, 5.74) is 2.27. The van der Waals surface area contributed by atoms with Crippen molar-refractivity contribution in [3.63, 3.8) is 0 Å². The van der Waals surface area contributed by atoms with E-state index in [-0.39, 0.29) is 5.95 Å². The molecule has 1 heterocycles. The topological polar surface area (TPSA) is 84.3 Å². The summed E-state index contributed by atoms with van der Waals surface area (Å²) in [7, 11) is 0. The first-order valence-corrected chi connectivity index (χ1v) is 3.15. The smallest absolute Gasteiger partial charge is 0.332 e. The molecule has 1 aromatic rings. The highest BCUT2D eigenvalue weighted by atomic mass is 16.7. The van der Waals surface area contributed by atoms with E-state index in [1.807, 2.05) is 0 Å². The van der Waals surface area contributed by atoms with Crippen LogP contribution in [0.15, 0.2) is 18.5 Å². The van der Waals surface area contributed by atoms with Crippen molar-refractivity contribution in [1.82, 2.24) is 9.97 Å². The summed E-state index contributed by atoms with van der Waals surface area (Å²) in [5, 5.41) is 8.19. The second-order valence-electron chi connectivity index (χ2n) is 1.86. The van der Waals surface area contributed by atoms with Gasteiger partial charge in [-0.25, -0.2) is 20.2 Å². The van der Waals surface area contributed by atoms with Crippen LogP contribution < -0.4 is 5.48 Å². The number of hydrogen-bond acceptors (Lipinski definition) is 5. The Labute approximate surface area is 68.2 Å². The van der Waals surface area contributed by atoms with Crippen molar-refractivity contribution in [2.45, 2.75) is 0 Å². The van der Waals surface area contributed by atoms with Gasteiger partial charge in [-0.15, -0.1) is 0 Å². The van der Waals surface area contributed by atoms with Crippen LogP contribution >= 0.6 is 0 Å². The molecule has 0 aliphatic heterocycles. The molecule has 0 aliphatic carbocycles. The third kappa shape index (κ3) is 2.93. The van der Waals surface area contributed by atoms with Crippen molar-refractivity contribution in [1.29, 1.82) is 0 Å². The predicted molar refractivity (Wildman–Crippen MR) is 39.2 cm³/mol. The van der Waals surface area contributed by atoms with E-state index in [4.69, 9.17) is 5.11 Å². The van der Waals surface area contributed by atoms with E-state index in [0.29, 0.717) is 0 Å². The molecular weight excluding hydrogens is 162 g/mol. The molecule has 0 fully saturated rings. The van der Waals surface area contributed by atoms with Crippen LogP contribution in [-0.2, 0) is 9.63 Å². The van der Waals surface area contributed by atoms with Crippen LogP contribution in [0, 0.1) is 0 Å². The van der Waals surface area contributed by atoms with Gasteiger partial charge in [0.1, 0.15) is 0 Å². The SMILES string of the molecule is O=C(O)CONc1ncccn1. The molecule has 0 saturated heterocycles. The van der Waals surface area contributed by atoms with Gasteiger partial charge >= 0.3 is 5.97 Å². The predicted octanol–water partition coefficient (Wildman–Crippen LogP) is -0.0953. The number of carboxylic acids is 1. The van der Waals surface area contributed by atoms with Gasteiger partial charge in [0.15, 0.2) is 6.61 Å². The van der Waals surface area contributed by atoms with E-state index < -0.39 is 12.6 Å². The Balaban J connectivity index is 2.29. The molecule has 0 aromatic carbocycles. The monoisotopic (exact) mass is 169 g/mol. The number of nitrogens with zero attached hydrogens (tertiary/aromatic N) is 2. The summed E-state index contributed by atoms with van der Waals surface area (Å²) in [5.74, 6) is -0.822. The fourth-order valence-corrected chi connectivity index (χ4v) is 0.514. The van der Waals surface area contributed by atoms with Crippen molar-refractivity contribution in [2.75, 3.05) is 12.1 Å². The number of carboxylic acid groups (broad SMARTS) is 1. The third-order valence-electron chi connectivity index (χ3n) is 0.925. The number of carbonyl (C=O) groups is 1. The normalized spacial score (nSPS) is 9.33. The first-order valence-electron chi connectivity index (χ1n) is 3.15. The average Bonchev–Trinajstić information content (AvgIpc) is 2.05. The molecule has 0 spiro atoms. The molecule has 0 unspecified atom stereocenters. The van der Waals surface area contributed by atoms with Gasteiger partial charge in [0.2, 0.25) is 5.95 Å². The van der Waals surface area contributed by atoms with E-state index >= 15 is 0 Å². The minimum absolute atomic E-state index is 0.235. The Hall–Kier alpha value is -1.69. The highest BCUT2D eigenvalue weighted by Crippen LogP contribution is 1.92. The molecule has 0 amide bonds. The molecule has 0 atom stereocenters. The van der Waals surface area contributed by atoms with Gasteiger partial charge in [-0.2, -0.15) is 0 Å². The van der Waals surface area contributed by atoms with Gasteiger partial charge in [-0.1, -0.05) is 0 Å². The second kappa shape index (κ2) is 4.24. The third-order valence-corrected chi connectivity index (χ3v) is 0.925. The highest BCUT2D eigenvalue weighted by molar-refractivity contribution is 5.68. The standard InChI is InChI=1S/C6H7N3O3/c10-5(11)4-12-9-6-7-2-1-3-8-6/h1-3H,4H2,(H,10,11)(H,7,8,9). The number of aromatic nitrogens is 2. The Morgan fingerprint density at radius 1 is 1.58 bits per heavy atom. The first-order chi connectivity index (χ1) is 5.79. The van der Waals surface area contributed by atoms with Crippen LogP contribution in [0.4, 0.5) is 5.95 Å². The van der Waals surface area contributed by atoms with E-state index in [2.05, 4.69) is 20.3 Å². The first kappa shape index (κ1) is 8.41. The van der Waals surface area contributed by atoms with Gasteiger partial charge in [-0.3, -0.25) is 4.84 Å². The lowest BCUT2D eigenvalue weighted by Gasteiger charge is -2.00. The van der Waals surface area contributed by atoms with E-state index in [1.165, 1.54) is 12.4 Å². The number of nitrogens with one attached hydrogen (secondary N) is 1. The van der Waals surface area contributed by atoms with Crippen LogP contribution in [0.2, 0.25) is 0 Å². The van der Waals surface area contributed by atoms with Gasteiger partial charge < -0.3 is 5.11 Å². The minimum atomic E-state index is -1.06. The molecule has 6 heteroatoms. The zero-order chi connectivity index (χ0) is 8.81. The Bertz CT molecular complexity index is 251. The molecule has 1 rings (SSSR count). The van der Waals surface area contributed by atoms with Crippen LogP contribution in [0.5, 0.6) is 0 Å². The average molecular weight is 169 g/mol. The molecule has 0 aliphatic rings. The molecule has 0 radical (unpaired) electrons. The lowest BCUT2D eigenvalue weighted by molar-refractivity contribution is -0.141. The number of anilines is 1. The summed E-state index contributed by atoms with van der Waals surface area (Å²) < 4.78 is 0. The minimum Gasteiger partial charge on any atom is -0.479 e. The van der Waals surface area contributed by atoms with Crippen molar-refractivity contribution in [3.05, 3.63) is 18.5 Å². The van der Waals surface area contributed by atoms with Crippen LogP contribution in [0.3, 0.4) is 0 Å². The van der Waals surface area contributed by atoms with Crippen molar-refractivity contribution < 1.29 is 14.7 Å². The Morgan fingerprint density at radius 3 is 2.83 bits per heavy atom. The fourth-order valence-electron chi connectivity index (χ4n) is 0.514. The zero-order valence-electron chi connectivity index (χ0n) is 6.10. The molecule has 0 bridgehead atoms. The van der Waals surface area contributed by atoms with Crippen LogP contribution in [-0.4, -0.2) is 27.7 Å². The van der Waals surface area contributed by atoms with E-state index in [9.17, 15) is 4.79 Å². The summed E-state index contributed by atoms with van der Waals surface area (Å²) in [6.07, 6.45) is 3.03. The lowest BCUT2D eigenvalue weighted by atomic mass is 10.7. The molecule has 1 aromatic heterocycles. The van der Waals surface area contributed by atoms with Gasteiger partial charge in [0.05, 0.1) is 0 Å². The summed E-state index contributed by atoms with van der Waals surface area (Å²) >= 11 is 0. The molecule has 12 heavy (non-hydrogen) atoms. The Morgan fingerprint density at radius 2 is 2.25 bits per heavy atom. The number of rotatable bonds is 4. The molecule has 64 valence electrons. The maximum Gasteiger partial charge on any atom is 0.332 e. The Kier molecular flexibility index (Phi) is 2.97. The van der Waals surface area contributed by atoms with E-state index in [0.717, 1.165) is 0 Å². The molecular formula is C6H7N3O3. The van der Waals surface area contributed by atoms with Gasteiger partial charge in [-0.05, 0) is 6.07 Å². The maximum atomic E-state index is 9.98. The number of hydrogen-bond donors (Lipinski definition) is 2. The summed E-state index contributed by atoms with van der Waals surface area (Å²) in [6.45, 7) is -0.432. The summed E-state index contributed by atoms with van der Waals surface area (Å²) in [6, 6.07) is 1.64. The van der Waals surface area contributed by atoms with Crippen molar-refractivity contribution in [3.8, 4) is 0 Å². The molecule has 6 nitrogen and oxygen atoms in total. The summed E-state index contributed by atoms with van der Waals surface area (Å²) in [4.78, 5) is 22.0. The maximum absolute atomic E-state index is 9.98. The molecule has 2 N–H and O–H groups in total. The van der Waals surface area contributed by atoms with Gasteiger partial charge in [0.25, 0.3) is 0 Å². The lowest BCUT2D eigenvalue weighted by Crippen LogP contribution is -2.12. The quantitative estimate of drug-likeness (QED) is 0.612. The van der Waals surface area contributed by atoms with Crippen molar-refractivity contribution >= 4 is 11.9 Å². The molecule has 0 saturated carbocycles. The second-order valence-corrected chi connectivity index (χ2v) is 1.86. The highest BCUT2D eigenvalue weighted by Gasteiger charge is 1.96. The zero-order valence-corrected chi connectivity index (χ0v) is 6.10. The van der Waals surface area contributed by atoms with Crippen LogP contribution in [0.25, 0.3) is 0 Å². The van der Waals surface area contributed by atoms with Crippen molar-refractivity contribution in [2.24, 2.45) is 0 Å². The number of aliphatic carboxylic acids is 1. The van der Waals surface area contributed by atoms with Crippen LogP contribution in [0.1, 0.15) is 0 Å².